The van der Waals surface area contributed by atoms with Gasteiger partial charge in [0.15, 0.2) is 11.6 Å². The van der Waals surface area contributed by atoms with Gasteiger partial charge < -0.3 is 5.32 Å². The van der Waals surface area contributed by atoms with Crippen LogP contribution in [0.3, 0.4) is 0 Å². The first-order valence-electron chi connectivity index (χ1n) is 9.48. The fourth-order valence-corrected chi connectivity index (χ4v) is 4.14. The molecule has 2 aromatic carbocycles. The lowest BCUT2D eigenvalue weighted by Gasteiger charge is -2.29. The third-order valence-electron chi connectivity index (χ3n) is 5.10. The number of nitrogens with one attached hydrogen (secondary N) is 1. The number of hydrogen-bond donors (Lipinski definition) is 1. The number of fused-ring (bicyclic) bond motifs is 1. The van der Waals surface area contributed by atoms with Gasteiger partial charge in [-0.3, -0.25) is 4.79 Å². The molecule has 144 valence electrons. The average molecular weight is 394 g/mol. The average Bonchev–Trinajstić information content (AvgIpc) is 2.91. The highest BCUT2D eigenvalue weighted by Crippen LogP contribution is 2.39. The van der Waals surface area contributed by atoms with Gasteiger partial charge in [-0.2, -0.15) is 0 Å². The topological polar surface area (TPSA) is 46.9 Å². The molecule has 0 aliphatic heterocycles. The third kappa shape index (κ3) is 3.57. The molecule has 1 heterocycles. The minimum atomic E-state index is -0.0918. The van der Waals surface area contributed by atoms with Crippen molar-refractivity contribution in [1.29, 1.82) is 0 Å². The Balaban J connectivity index is 1.85. The highest BCUT2D eigenvalue weighted by atomic mass is 35.5. The molecule has 4 nitrogen and oxygen atoms in total. The Labute approximate surface area is 170 Å². The van der Waals surface area contributed by atoms with Crippen LogP contribution in [0.25, 0.3) is 5.69 Å². The number of ketones is 1. The molecule has 0 saturated carbocycles. The van der Waals surface area contributed by atoms with Gasteiger partial charge in [-0.1, -0.05) is 31.5 Å². The minimum absolute atomic E-state index is 0.0918. The standard InChI is InChI=1S/C23H24ClN3O/c1-14-9-15(2)11-17(10-14)25-22-21-19(12-23(3,4)13-20(21)28)27(26-22)18-7-5-16(24)6-8-18/h5-11H,12-13H2,1-4H3,(H,25,26). The van der Waals surface area contributed by atoms with Crippen LogP contribution in [0.5, 0.6) is 0 Å². The summed E-state index contributed by atoms with van der Waals surface area (Å²) in [6.07, 6.45) is 1.31. The molecule has 0 amide bonds. The van der Waals surface area contributed by atoms with Gasteiger partial charge in [0.25, 0.3) is 0 Å². The minimum Gasteiger partial charge on any atom is -0.338 e. The Morgan fingerprint density at radius 2 is 1.68 bits per heavy atom. The number of aryl methyl sites for hydroxylation is 2. The zero-order valence-electron chi connectivity index (χ0n) is 16.6. The van der Waals surface area contributed by atoms with Gasteiger partial charge in [-0.15, -0.1) is 5.10 Å². The molecule has 1 aliphatic carbocycles. The van der Waals surface area contributed by atoms with E-state index in [1.807, 2.05) is 28.9 Å². The number of hydrogen-bond acceptors (Lipinski definition) is 3. The Kier molecular flexibility index (Phi) is 4.54. The maximum atomic E-state index is 13.0. The molecule has 3 aromatic rings. The van der Waals surface area contributed by atoms with Crippen molar-refractivity contribution < 1.29 is 4.79 Å². The molecule has 0 fully saturated rings. The van der Waals surface area contributed by atoms with E-state index in [9.17, 15) is 4.79 Å². The van der Waals surface area contributed by atoms with Crippen molar-refractivity contribution in [3.05, 3.63) is 69.9 Å². The van der Waals surface area contributed by atoms with Gasteiger partial charge >= 0.3 is 0 Å². The summed E-state index contributed by atoms with van der Waals surface area (Å²) in [5, 5.41) is 8.87. The van der Waals surface area contributed by atoms with Gasteiger partial charge in [0, 0.05) is 17.1 Å². The van der Waals surface area contributed by atoms with E-state index in [1.165, 1.54) is 11.1 Å². The van der Waals surface area contributed by atoms with Gasteiger partial charge in [0.05, 0.1) is 16.9 Å². The van der Waals surface area contributed by atoms with Crippen LogP contribution in [0.4, 0.5) is 11.5 Å². The fraction of sp³-hybridized carbons (Fsp3) is 0.304. The number of carbonyl (C=O) groups is 1. The van der Waals surface area contributed by atoms with Crippen molar-refractivity contribution in [2.24, 2.45) is 5.41 Å². The van der Waals surface area contributed by atoms with Crippen LogP contribution in [-0.4, -0.2) is 15.6 Å². The zero-order chi connectivity index (χ0) is 20.1. The Morgan fingerprint density at radius 1 is 1.04 bits per heavy atom. The first-order chi connectivity index (χ1) is 13.2. The van der Waals surface area contributed by atoms with Gasteiger partial charge in [0.1, 0.15) is 0 Å². The second-order valence-corrected chi connectivity index (χ2v) is 8.94. The lowest BCUT2D eigenvalue weighted by Crippen LogP contribution is -2.28. The molecule has 0 radical (unpaired) electrons. The molecule has 1 aromatic heterocycles. The van der Waals surface area contributed by atoms with Crippen molar-refractivity contribution >= 4 is 28.9 Å². The van der Waals surface area contributed by atoms with Gasteiger partial charge in [0.2, 0.25) is 0 Å². The molecule has 0 spiro atoms. The second-order valence-electron chi connectivity index (χ2n) is 8.50. The van der Waals surface area contributed by atoms with Crippen LogP contribution in [0.15, 0.2) is 42.5 Å². The number of halogens is 1. The van der Waals surface area contributed by atoms with E-state index in [0.29, 0.717) is 22.8 Å². The predicted molar refractivity (Wildman–Crippen MR) is 114 cm³/mol. The highest BCUT2D eigenvalue weighted by molar-refractivity contribution is 6.30. The van der Waals surface area contributed by atoms with Crippen molar-refractivity contribution in [2.75, 3.05) is 5.32 Å². The highest BCUT2D eigenvalue weighted by Gasteiger charge is 2.36. The van der Waals surface area contributed by atoms with Crippen LogP contribution >= 0.6 is 11.6 Å². The summed E-state index contributed by atoms with van der Waals surface area (Å²) in [7, 11) is 0. The van der Waals surface area contributed by atoms with Crippen LogP contribution in [0, 0.1) is 19.3 Å². The molecule has 5 heteroatoms. The van der Waals surface area contributed by atoms with E-state index in [4.69, 9.17) is 16.7 Å². The Hall–Kier alpha value is -2.59. The number of anilines is 2. The molecule has 0 unspecified atom stereocenters. The smallest absolute Gasteiger partial charge is 0.169 e. The molecule has 4 rings (SSSR count). The molecule has 0 atom stereocenters. The summed E-state index contributed by atoms with van der Waals surface area (Å²) in [4.78, 5) is 13.0. The largest absolute Gasteiger partial charge is 0.338 e. The first kappa shape index (κ1) is 18.8. The maximum absolute atomic E-state index is 13.0. The maximum Gasteiger partial charge on any atom is 0.169 e. The number of benzene rings is 2. The summed E-state index contributed by atoms with van der Waals surface area (Å²) in [5.41, 5.74) is 5.75. The van der Waals surface area contributed by atoms with Crippen LogP contribution in [-0.2, 0) is 6.42 Å². The van der Waals surface area contributed by atoms with E-state index >= 15 is 0 Å². The number of Topliss-reactive ketones (excluding diaryl/α,β-unsaturated/α-hetero) is 1. The number of rotatable bonds is 3. The molecular formula is C23H24ClN3O. The van der Waals surface area contributed by atoms with Crippen LogP contribution in [0.2, 0.25) is 5.02 Å². The van der Waals surface area contributed by atoms with Gasteiger partial charge in [-0.25, -0.2) is 4.68 Å². The summed E-state index contributed by atoms with van der Waals surface area (Å²) >= 11 is 6.06. The third-order valence-corrected chi connectivity index (χ3v) is 5.35. The molecule has 1 aliphatic rings. The van der Waals surface area contributed by atoms with Crippen molar-refractivity contribution in [1.82, 2.24) is 9.78 Å². The first-order valence-corrected chi connectivity index (χ1v) is 9.86. The molecule has 0 saturated heterocycles. The summed E-state index contributed by atoms with van der Waals surface area (Å²) < 4.78 is 1.88. The fourth-order valence-electron chi connectivity index (χ4n) is 4.01. The monoisotopic (exact) mass is 393 g/mol. The number of nitrogens with zero attached hydrogens (tertiary/aromatic N) is 2. The Morgan fingerprint density at radius 3 is 2.32 bits per heavy atom. The van der Waals surface area contributed by atoms with Crippen molar-refractivity contribution in [3.8, 4) is 5.69 Å². The van der Waals surface area contributed by atoms with E-state index < -0.39 is 0 Å². The second kappa shape index (κ2) is 6.78. The van der Waals surface area contributed by atoms with E-state index in [0.717, 1.165) is 23.5 Å². The number of carbonyl (C=O) groups excluding carboxylic acids is 1. The SMILES string of the molecule is Cc1cc(C)cc(Nc2nn(-c3ccc(Cl)cc3)c3c2C(=O)CC(C)(C)C3)c1. The normalized spacial score (nSPS) is 15.4. The Bertz CT molecular complexity index is 1040. The summed E-state index contributed by atoms with van der Waals surface area (Å²) in [6, 6.07) is 13.8. The molecule has 0 bridgehead atoms. The summed E-state index contributed by atoms with van der Waals surface area (Å²) in [6.45, 7) is 8.38. The zero-order valence-corrected chi connectivity index (χ0v) is 17.4. The predicted octanol–water partition coefficient (Wildman–Crippen LogP) is 6.04. The lowest BCUT2D eigenvalue weighted by atomic mass is 9.76. The number of aromatic nitrogens is 2. The summed E-state index contributed by atoms with van der Waals surface area (Å²) in [5.74, 6) is 0.758. The van der Waals surface area contributed by atoms with Gasteiger partial charge in [-0.05, 0) is 73.2 Å². The van der Waals surface area contributed by atoms with Crippen molar-refractivity contribution in [3.63, 3.8) is 0 Å². The quantitative estimate of drug-likeness (QED) is 0.589. The van der Waals surface area contributed by atoms with E-state index in [2.05, 4.69) is 51.2 Å². The van der Waals surface area contributed by atoms with Crippen LogP contribution < -0.4 is 5.32 Å². The van der Waals surface area contributed by atoms with Crippen molar-refractivity contribution in [2.45, 2.75) is 40.5 Å². The van der Waals surface area contributed by atoms with E-state index in [1.54, 1.807) is 0 Å². The lowest BCUT2D eigenvalue weighted by molar-refractivity contribution is 0.0912. The molecule has 1 N–H and O–H groups in total. The molecular weight excluding hydrogens is 370 g/mol. The van der Waals surface area contributed by atoms with E-state index in [-0.39, 0.29) is 11.2 Å². The molecule has 28 heavy (non-hydrogen) atoms. The van der Waals surface area contributed by atoms with Crippen LogP contribution in [0.1, 0.15) is 47.4 Å².